The molecular formula is C28H27O4P. The molecule has 0 amide bonds. The number of benzene rings is 4. The monoisotopic (exact) mass is 458 g/mol. The fourth-order valence-corrected chi connectivity index (χ4v) is 4.94. The molecule has 4 nitrogen and oxygen atoms in total. The standard InChI is InChI=1S/C28H27O4P/c1-3-22-14-8-11-19-26(22)30-33(29,31-27-20-12-9-15-23(27)4-2)32-28-21-13-10-18-25(28)24-16-6-5-7-17-24/h5-21H,3-4H2,1-2H3. The zero-order valence-electron chi connectivity index (χ0n) is 18.8. The molecule has 0 saturated carbocycles. The van der Waals surface area contributed by atoms with Crippen LogP contribution < -0.4 is 13.6 Å². The van der Waals surface area contributed by atoms with Gasteiger partial charge in [0.15, 0.2) is 0 Å². The molecule has 0 saturated heterocycles. The summed E-state index contributed by atoms with van der Waals surface area (Å²) in [7, 11) is -4.11. The van der Waals surface area contributed by atoms with Crippen LogP contribution in [0.1, 0.15) is 25.0 Å². The zero-order valence-corrected chi connectivity index (χ0v) is 19.7. The third-order valence-corrected chi connectivity index (χ3v) is 6.57. The molecule has 0 radical (unpaired) electrons. The molecular weight excluding hydrogens is 431 g/mol. The smallest absolute Gasteiger partial charge is 0.386 e. The van der Waals surface area contributed by atoms with Gasteiger partial charge in [0.2, 0.25) is 0 Å². The molecule has 0 aliphatic carbocycles. The van der Waals surface area contributed by atoms with Gasteiger partial charge in [0.1, 0.15) is 17.2 Å². The first kappa shape index (κ1) is 22.7. The Kier molecular flexibility index (Phi) is 7.16. The minimum Gasteiger partial charge on any atom is -0.386 e. The van der Waals surface area contributed by atoms with Gasteiger partial charge in [0, 0.05) is 5.56 Å². The average Bonchev–Trinajstić information content (AvgIpc) is 2.85. The van der Waals surface area contributed by atoms with Gasteiger partial charge in [-0.25, -0.2) is 0 Å². The molecule has 4 aromatic carbocycles. The van der Waals surface area contributed by atoms with Crippen molar-refractivity contribution in [2.45, 2.75) is 26.7 Å². The van der Waals surface area contributed by atoms with E-state index in [1.54, 1.807) is 18.2 Å². The molecule has 0 fully saturated rings. The maximum atomic E-state index is 14.2. The van der Waals surface area contributed by atoms with Gasteiger partial charge in [0.25, 0.3) is 0 Å². The molecule has 33 heavy (non-hydrogen) atoms. The van der Waals surface area contributed by atoms with E-state index in [1.807, 2.05) is 98.8 Å². The molecule has 0 atom stereocenters. The van der Waals surface area contributed by atoms with Crippen LogP contribution in [0.5, 0.6) is 17.2 Å². The van der Waals surface area contributed by atoms with Crippen molar-refractivity contribution in [2.75, 3.05) is 0 Å². The van der Waals surface area contributed by atoms with Gasteiger partial charge in [-0.1, -0.05) is 98.8 Å². The van der Waals surface area contributed by atoms with Crippen molar-refractivity contribution < 1.29 is 18.1 Å². The highest BCUT2D eigenvalue weighted by atomic mass is 31.2. The first-order chi connectivity index (χ1) is 16.1. The lowest BCUT2D eigenvalue weighted by molar-refractivity contribution is 0.297. The van der Waals surface area contributed by atoms with E-state index in [1.165, 1.54) is 0 Å². The Balaban J connectivity index is 1.76. The second-order valence-corrected chi connectivity index (χ2v) is 8.95. The van der Waals surface area contributed by atoms with Crippen LogP contribution in [0.15, 0.2) is 103 Å². The molecule has 0 aromatic heterocycles. The molecule has 0 aliphatic heterocycles. The van der Waals surface area contributed by atoms with Crippen LogP contribution in [0.2, 0.25) is 0 Å². The Bertz CT molecular complexity index is 1200. The van der Waals surface area contributed by atoms with Crippen molar-refractivity contribution >= 4 is 7.82 Å². The van der Waals surface area contributed by atoms with Gasteiger partial charge >= 0.3 is 7.82 Å². The van der Waals surface area contributed by atoms with Crippen LogP contribution in [0, 0.1) is 0 Å². The fraction of sp³-hybridized carbons (Fsp3) is 0.143. The molecule has 168 valence electrons. The van der Waals surface area contributed by atoms with Crippen LogP contribution in [0.3, 0.4) is 0 Å². The van der Waals surface area contributed by atoms with E-state index in [0.717, 1.165) is 35.1 Å². The lowest BCUT2D eigenvalue weighted by Gasteiger charge is -2.22. The van der Waals surface area contributed by atoms with Crippen LogP contribution in [-0.2, 0) is 17.4 Å². The highest BCUT2D eigenvalue weighted by Crippen LogP contribution is 2.52. The van der Waals surface area contributed by atoms with E-state index in [4.69, 9.17) is 13.6 Å². The second kappa shape index (κ2) is 10.4. The minimum absolute atomic E-state index is 0.426. The second-order valence-electron chi connectivity index (χ2n) is 7.51. The SMILES string of the molecule is CCc1ccccc1OP(=O)(Oc1ccccc1CC)Oc1ccccc1-c1ccccc1. The molecule has 0 bridgehead atoms. The topological polar surface area (TPSA) is 44.8 Å². The third kappa shape index (κ3) is 5.47. The van der Waals surface area contributed by atoms with E-state index in [9.17, 15) is 4.57 Å². The normalized spacial score (nSPS) is 11.1. The Morgan fingerprint density at radius 3 is 1.52 bits per heavy atom. The third-order valence-electron chi connectivity index (χ3n) is 5.31. The van der Waals surface area contributed by atoms with Crippen molar-refractivity contribution in [1.82, 2.24) is 0 Å². The number of hydrogen-bond acceptors (Lipinski definition) is 4. The van der Waals surface area contributed by atoms with Crippen LogP contribution in [0.25, 0.3) is 11.1 Å². The van der Waals surface area contributed by atoms with Gasteiger partial charge in [-0.05, 0) is 47.7 Å². The van der Waals surface area contributed by atoms with Crippen LogP contribution >= 0.6 is 7.82 Å². The van der Waals surface area contributed by atoms with Gasteiger partial charge < -0.3 is 13.6 Å². The average molecular weight is 458 g/mol. The Morgan fingerprint density at radius 2 is 0.970 bits per heavy atom. The number of rotatable bonds is 9. The number of aryl methyl sites for hydroxylation is 2. The summed E-state index contributed by atoms with van der Waals surface area (Å²) >= 11 is 0. The van der Waals surface area contributed by atoms with E-state index >= 15 is 0 Å². The number of phosphoric acid groups is 1. The summed E-state index contributed by atoms with van der Waals surface area (Å²) in [5.74, 6) is 1.39. The van der Waals surface area contributed by atoms with E-state index in [0.29, 0.717) is 17.2 Å². The van der Waals surface area contributed by atoms with Crippen molar-refractivity contribution in [3.8, 4) is 28.4 Å². The van der Waals surface area contributed by atoms with Crippen LogP contribution in [0.4, 0.5) is 0 Å². The summed E-state index contributed by atoms with van der Waals surface area (Å²) in [6.07, 6.45) is 1.45. The predicted molar refractivity (Wildman–Crippen MR) is 133 cm³/mol. The van der Waals surface area contributed by atoms with E-state index in [-0.39, 0.29) is 0 Å². The maximum absolute atomic E-state index is 14.2. The molecule has 0 unspecified atom stereocenters. The molecule has 4 rings (SSSR count). The molecule has 0 heterocycles. The summed E-state index contributed by atoms with van der Waals surface area (Å²) < 4.78 is 32.3. The summed E-state index contributed by atoms with van der Waals surface area (Å²) in [6.45, 7) is 4.04. The number of hydrogen-bond donors (Lipinski definition) is 0. The molecule has 0 spiro atoms. The van der Waals surface area contributed by atoms with Gasteiger partial charge in [-0.3, -0.25) is 0 Å². The van der Waals surface area contributed by atoms with Crippen molar-refractivity contribution in [1.29, 1.82) is 0 Å². The lowest BCUT2D eigenvalue weighted by Crippen LogP contribution is -2.10. The van der Waals surface area contributed by atoms with Crippen molar-refractivity contribution in [2.24, 2.45) is 0 Å². The van der Waals surface area contributed by atoms with Gasteiger partial charge in [-0.15, -0.1) is 0 Å². The Hall–Kier alpha value is -3.49. The van der Waals surface area contributed by atoms with Gasteiger partial charge in [-0.2, -0.15) is 4.57 Å². The summed E-state index contributed by atoms with van der Waals surface area (Å²) in [6, 6.07) is 32.3. The first-order valence-corrected chi connectivity index (χ1v) is 12.6. The molecule has 4 aromatic rings. The molecule has 5 heteroatoms. The molecule has 0 aliphatic rings. The fourth-order valence-electron chi connectivity index (χ4n) is 3.59. The first-order valence-electron chi connectivity index (χ1n) is 11.1. The highest BCUT2D eigenvalue weighted by molar-refractivity contribution is 7.49. The molecule has 0 N–H and O–H groups in total. The van der Waals surface area contributed by atoms with Crippen LogP contribution in [-0.4, -0.2) is 0 Å². The van der Waals surface area contributed by atoms with E-state index in [2.05, 4.69) is 0 Å². The largest absolute Gasteiger partial charge is 0.647 e. The lowest BCUT2D eigenvalue weighted by atomic mass is 10.1. The highest BCUT2D eigenvalue weighted by Gasteiger charge is 2.35. The Labute approximate surface area is 195 Å². The zero-order chi connectivity index (χ0) is 23.1. The van der Waals surface area contributed by atoms with Crippen molar-refractivity contribution in [3.63, 3.8) is 0 Å². The summed E-state index contributed by atoms with van der Waals surface area (Å²) in [5, 5.41) is 0. The van der Waals surface area contributed by atoms with E-state index < -0.39 is 7.82 Å². The maximum Gasteiger partial charge on any atom is 0.647 e. The van der Waals surface area contributed by atoms with Crippen molar-refractivity contribution in [3.05, 3.63) is 114 Å². The minimum atomic E-state index is -4.11. The summed E-state index contributed by atoms with van der Waals surface area (Å²) in [4.78, 5) is 0. The quantitative estimate of drug-likeness (QED) is 0.238. The summed E-state index contributed by atoms with van der Waals surface area (Å²) in [5.41, 5.74) is 3.59. The Morgan fingerprint density at radius 1 is 0.545 bits per heavy atom. The van der Waals surface area contributed by atoms with Gasteiger partial charge in [0.05, 0.1) is 0 Å². The number of para-hydroxylation sites is 3. The number of phosphoric ester groups is 1. The predicted octanol–water partition coefficient (Wildman–Crippen LogP) is 8.12.